The van der Waals surface area contributed by atoms with Crippen LogP contribution in [0.15, 0.2) is 66.9 Å². The largest absolute Gasteiger partial charge is 0.465 e. The summed E-state index contributed by atoms with van der Waals surface area (Å²) in [6, 6.07) is 18.7. The summed E-state index contributed by atoms with van der Waals surface area (Å²) in [7, 11) is 0. The maximum absolute atomic E-state index is 13.2. The highest BCUT2D eigenvalue weighted by atomic mass is 35.5. The number of nitrogens with one attached hydrogen (secondary N) is 1. The van der Waals surface area contributed by atoms with Crippen molar-refractivity contribution in [2.24, 2.45) is 0 Å². The minimum atomic E-state index is -0.465. The van der Waals surface area contributed by atoms with Crippen LogP contribution in [0.25, 0.3) is 5.69 Å². The average molecular weight is 424 g/mol. The summed E-state index contributed by atoms with van der Waals surface area (Å²) in [5.74, 6) is -0.465. The van der Waals surface area contributed by atoms with Gasteiger partial charge in [0.2, 0.25) is 0 Å². The normalized spacial score (nSPS) is 15.0. The minimum absolute atomic E-state index is 0.181. The molecule has 30 heavy (non-hydrogen) atoms. The fraction of sp³-hybridized carbons (Fsp3) is 0.217. The van der Waals surface area contributed by atoms with Crippen LogP contribution in [0.5, 0.6) is 0 Å². The van der Waals surface area contributed by atoms with E-state index in [0.717, 1.165) is 22.5 Å². The lowest BCUT2D eigenvalue weighted by molar-refractivity contribution is -0.141. The van der Waals surface area contributed by atoms with Crippen molar-refractivity contribution in [3.63, 3.8) is 0 Å². The number of halogens is 1. The summed E-state index contributed by atoms with van der Waals surface area (Å²) in [5.41, 5.74) is 3.92. The number of ether oxygens (including phenoxy) is 1. The topological polar surface area (TPSA) is 63.6 Å². The highest BCUT2D eigenvalue weighted by Gasteiger charge is 2.33. The van der Waals surface area contributed by atoms with Gasteiger partial charge in [-0.1, -0.05) is 41.9 Å². The smallest absolute Gasteiger partial charge is 0.325 e. The first-order chi connectivity index (χ1) is 14.6. The van der Waals surface area contributed by atoms with Gasteiger partial charge in [-0.2, -0.15) is 0 Å². The van der Waals surface area contributed by atoms with Gasteiger partial charge in [0, 0.05) is 16.9 Å². The number of hydrogen-bond donors (Lipinski definition) is 1. The molecule has 1 aliphatic rings. The summed E-state index contributed by atoms with van der Waals surface area (Å²) >= 11 is 6.10. The molecule has 0 radical (unpaired) electrons. The molecule has 7 heteroatoms. The third kappa shape index (κ3) is 3.91. The number of benzene rings is 2. The van der Waals surface area contributed by atoms with Gasteiger partial charge in [0.05, 0.1) is 24.9 Å². The third-order valence-electron chi connectivity index (χ3n) is 5.10. The lowest BCUT2D eigenvalue weighted by atomic mass is 10.0. The van der Waals surface area contributed by atoms with Gasteiger partial charge in [-0.15, -0.1) is 0 Å². The van der Waals surface area contributed by atoms with E-state index in [-0.39, 0.29) is 25.2 Å². The predicted octanol–water partition coefficient (Wildman–Crippen LogP) is 4.31. The van der Waals surface area contributed by atoms with Crippen molar-refractivity contribution in [2.45, 2.75) is 19.5 Å². The maximum Gasteiger partial charge on any atom is 0.325 e. The van der Waals surface area contributed by atoms with Crippen LogP contribution in [0.4, 0.5) is 4.79 Å². The first-order valence-corrected chi connectivity index (χ1v) is 10.2. The fourth-order valence-electron chi connectivity index (χ4n) is 3.80. The van der Waals surface area contributed by atoms with Crippen LogP contribution in [0.2, 0.25) is 5.02 Å². The highest BCUT2D eigenvalue weighted by Crippen LogP contribution is 2.36. The monoisotopic (exact) mass is 423 g/mol. The first-order valence-electron chi connectivity index (χ1n) is 9.79. The Morgan fingerprint density at radius 3 is 2.63 bits per heavy atom. The fourth-order valence-corrected chi connectivity index (χ4v) is 3.92. The molecule has 1 aromatic heterocycles. The van der Waals surface area contributed by atoms with E-state index in [1.807, 2.05) is 66.9 Å². The molecule has 2 aromatic carbocycles. The molecule has 0 saturated carbocycles. The molecule has 0 unspecified atom stereocenters. The third-order valence-corrected chi connectivity index (χ3v) is 5.35. The van der Waals surface area contributed by atoms with E-state index < -0.39 is 5.97 Å². The summed E-state index contributed by atoms with van der Waals surface area (Å²) in [5, 5.41) is 3.34. The van der Waals surface area contributed by atoms with Gasteiger partial charge in [-0.05, 0) is 48.4 Å². The Bertz CT molecular complexity index is 1060. The van der Waals surface area contributed by atoms with Crippen molar-refractivity contribution >= 4 is 23.6 Å². The summed E-state index contributed by atoms with van der Waals surface area (Å²) < 4.78 is 7.04. The maximum atomic E-state index is 13.2. The number of esters is 1. The van der Waals surface area contributed by atoms with Crippen LogP contribution in [-0.4, -0.2) is 34.6 Å². The van der Waals surface area contributed by atoms with Gasteiger partial charge >= 0.3 is 12.0 Å². The van der Waals surface area contributed by atoms with Gasteiger partial charge in [0.1, 0.15) is 6.54 Å². The second-order valence-corrected chi connectivity index (χ2v) is 7.41. The molecule has 2 amide bonds. The Kier molecular flexibility index (Phi) is 5.77. The van der Waals surface area contributed by atoms with Crippen molar-refractivity contribution in [1.82, 2.24) is 14.8 Å². The van der Waals surface area contributed by atoms with E-state index in [2.05, 4.69) is 9.88 Å². The molecule has 1 atom stereocenters. The number of fused-ring (bicyclic) bond motifs is 3. The van der Waals surface area contributed by atoms with Crippen LogP contribution in [-0.2, 0) is 16.1 Å². The minimum Gasteiger partial charge on any atom is -0.465 e. The summed E-state index contributed by atoms with van der Waals surface area (Å²) in [6.07, 6.45) is 2.00. The molecular weight excluding hydrogens is 402 g/mol. The van der Waals surface area contributed by atoms with Crippen molar-refractivity contribution in [3.05, 3.63) is 88.7 Å². The van der Waals surface area contributed by atoms with E-state index in [0.29, 0.717) is 11.6 Å². The van der Waals surface area contributed by atoms with Crippen LogP contribution < -0.4 is 5.32 Å². The van der Waals surface area contributed by atoms with Crippen molar-refractivity contribution in [2.75, 3.05) is 13.2 Å². The first kappa shape index (κ1) is 20.0. The van der Waals surface area contributed by atoms with Crippen molar-refractivity contribution < 1.29 is 14.3 Å². The lowest BCUT2D eigenvalue weighted by Gasteiger charge is -2.31. The van der Waals surface area contributed by atoms with E-state index >= 15 is 0 Å². The number of urea groups is 1. The van der Waals surface area contributed by atoms with Crippen molar-refractivity contribution in [3.8, 4) is 5.69 Å². The van der Waals surface area contributed by atoms with Gasteiger partial charge in [-0.3, -0.25) is 4.79 Å². The molecular formula is C23H22ClN3O3. The van der Waals surface area contributed by atoms with E-state index in [4.69, 9.17) is 16.3 Å². The molecule has 0 fully saturated rings. The number of para-hydroxylation sites is 1. The number of carbonyl (C=O) groups is 2. The Balaban J connectivity index is 1.76. The van der Waals surface area contributed by atoms with Gasteiger partial charge in [0.15, 0.2) is 0 Å². The lowest BCUT2D eigenvalue weighted by Crippen LogP contribution is -2.44. The standard InChI is InChI=1S/C23H22ClN3O3/c1-2-30-21(28)14-25-23(29)27-15-17-6-3-4-7-19(17)26-13-5-8-20(26)22(27)16-9-11-18(24)12-10-16/h3-13,22H,2,14-15H2,1H3,(H,25,29)/t22-/m1/s1. The van der Waals surface area contributed by atoms with Gasteiger partial charge in [-0.25, -0.2) is 4.79 Å². The van der Waals surface area contributed by atoms with Crippen LogP contribution >= 0.6 is 11.6 Å². The van der Waals surface area contributed by atoms with Crippen LogP contribution in [0.1, 0.15) is 29.8 Å². The van der Waals surface area contributed by atoms with Gasteiger partial charge < -0.3 is 19.5 Å². The molecule has 1 N–H and O–H groups in total. The average Bonchev–Trinajstić information content (AvgIpc) is 3.17. The summed E-state index contributed by atoms with van der Waals surface area (Å²) in [6.45, 7) is 2.21. The molecule has 1 aliphatic heterocycles. The highest BCUT2D eigenvalue weighted by molar-refractivity contribution is 6.30. The predicted molar refractivity (Wildman–Crippen MR) is 115 cm³/mol. The molecule has 154 valence electrons. The number of rotatable bonds is 4. The Morgan fingerprint density at radius 1 is 1.10 bits per heavy atom. The molecule has 0 spiro atoms. The Hall–Kier alpha value is -3.25. The zero-order valence-electron chi connectivity index (χ0n) is 16.5. The Morgan fingerprint density at radius 2 is 1.87 bits per heavy atom. The zero-order chi connectivity index (χ0) is 21.1. The molecule has 4 rings (SSSR count). The number of hydrogen-bond acceptors (Lipinski definition) is 3. The molecule has 0 bridgehead atoms. The second kappa shape index (κ2) is 8.63. The molecule has 6 nitrogen and oxygen atoms in total. The van der Waals surface area contributed by atoms with Crippen LogP contribution in [0, 0.1) is 0 Å². The Labute approximate surface area is 180 Å². The zero-order valence-corrected chi connectivity index (χ0v) is 17.3. The second-order valence-electron chi connectivity index (χ2n) is 6.98. The van der Waals surface area contributed by atoms with Gasteiger partial charge in [0.25, 0.3) is 0 Å². The number of amides is 2. The number of nitrogens with zero attached hydrogens (tertiary/aromatic N) is 2. The number of carbonyl (C=O) groups excluding carboxylic acids is 2. The van der Waals surface area contributed by atoms with Crippen LogP contribution in [0.3, 0.4) is 0 Å². The summed E-state index contributed by atoms with van der Waals surface area (Å²) in [4.78, 5) is 26.7. The quantitative estimate of drug-likeness (QED) is 0.636. The van der Waals surface area contributed by atoms with E-state index in [1.165, 1.54) is 0 Å². The molecule has 0 saturated heterocycles. The molecule has 2 heterocycles. The molecule has 3 aromatic rings. The molecule has 0 aliphatic carbocycles. The SMILES string of the molecule is CCOC(=O)CNC(=O)N1Cc2ccccc2-n2cccc2[C@H]1c1ccc(Cl)cc1. The van der Waals surface area contributed by atoms with E-state index in [1.54, 1.807) is 11.8 Å². The number of aromatic nitrogens is 1. The van der Waals surface area contributed by atoms with Crippen molar-refractivity contribution in [1.29, 1.82) is 0 Å². The van der Waals surface area contributed by atoms with E-state index in [9.17, 15) is 9.59 Å².